The molecule has 1 aromatic rings. The third-order valence-electron chi connectivity index (χ3n) is 2.60. The highest BCUT2D eigenvalue weighted by atomic mass is 16.7. The summed E-state index contributed by atoms with van der Waals surface area (Å²) in [6, 6.07) is 0. The molecule has 90 valence electrons. The van der Waals surface area contributed by atoms with Crippen LogP contribution in [0.2, 0.25) is 0 Å². The quantitative estimate of drug-likeness (QED) is 0.787. The first-order valence-electron chi connectivity index (χ1n) is 5.62. The van der Waals surface area contributed by atoms with Crippen molar-refractivity contribution in [3.8, 4) is 0 Å². The first-order chi connectivity index (χ1) is 8.03. The van der Waals surface area contributed by atoms with E-state index in [4.69, 9.17) is 9.31 Å². The largest absolute Gasteiger partial charge is 0.566 e. The van der Waals surface area contributed by atoms with Crippen LogP contribution in [0.1, 0.15) is 20.8 Å². The normalized spacial score (nSPS) is 18.1. The number of aromatic nitrogens is 2. The van der Waals surface area contributed by atoms with E-state index in [-0.39, 0.29) is 0 Å². The number of nitrogens with zero attached hydrogens (tertiary/aromatic N) is 2. The standard InChI is InChI=1S/C11H16BN3O2/c1-5-13-10-14-6-9(7-15-10)12-16-8(2)11(3,4)17-12/h6-7H,2,5H2,1,3-4H3,(H,13,14,15). The summed E-state index contributed by atoms with van der Waals surface area (Å²) in [6.45, 7) is 10.5. The maximum atomic E-state index is 5.72. The highest BCUT2D eigenvalue weighted by Gasteiger charge is 2.43. The predicted octanol–water partition coefficient (Wildman–Crippen LogP) is 0.943. The molecule has 1 N–H and O–H groups in total. The number of nitrogens with one attached hydrogen (secondary N) is 1. The van der Waals surface area contributed by atoms with E-state index in [0.29, 0.717) is 11.7 Å². The maximum Gasteiger partial charge on any atom is 0.566 e. The summed E-state index contributed by atoms with van der Waals surface area (Å²) in [4.78, 5) is 8.35. The Morgan fingerprint density at radius 2 is 2.06 bits per heavy atom. The van der Waals surface area contributed by atoms with Gasteiger partial charge in [-0.1, -0.05) is 6.58 Å². The molecule has 1 aliphatic heterocycles. The molecule has 0 atom stereocenters. The second-order valence-electron chi connectivity index (χ2n) is 4.37. The molecule has 1 saturated heterocycles. The van der Waals surface area contributed by atoms with Crippen LogP contribution < -0.4 is 10.8 Å². The number of hydrogen-bond donors (Lipinski definition) is 1. The minimum absolute atomic E-state index is 0.465. The van der Waals surface area contributed by atoms with Crippen molar-refractivity contribution in [2.24, 2.45) is 0 Å². The van der Waals surface area contributed by atoms with Gasteiger partial charge in [0.05, 0.1) is 5.76 Å². The Hall–Kier alpha value is -1.56. The molecule has 0 aromatic carbocycles. The molecule has 0 unspecified atom stereocenters. The molecule has 0 spiro atoms. The summed E-state index contributed by atoms with van der Waals surface area (Å²) in [5.41, 5.74) is 0.323. The average molecular weight is 233 g/mol. The van der Waals surface area contributed by atoms with E-state index in [1.807, 2.05) is 20.8 Å². The second-order valence-corrected chi connectivity index (χ2v) is 4.37. The van der Waals surface area contributed by atoms with Crippen LogP contribution in [-0.4, -0.2) is 29.2 Å². The van der Waals surface area contributed by atoms with Crippen molar-refractivity contribution in [1.29, 1.82) is 0 Å². The molecule has 0 amide bonds. The molecule has 2 rings (SSSR count). The van der Waals surface area contributed by atoms with Crippen molar-refractivity contribution in [3.63, 3.8) is 0 Å². The van der Waals surface area contributed by atoms with Gasteiger partial charge in [-0.2, -0.15) is 0 Å². The number of hydrogen-bond acceptors (Lipinski definition) is 5. The van der Waals surface area contributed by atoms with Gasteiger partial charge in [-0.3, -0.25) is 0 Å². The van der Waals surface area contributed by atoms with E-state index in [0.717, 1.165) is 12.0 Å². The summed E-state index contributed by atoms with van der Waals surface area (Å²) < 4.78 is 11.3. The molecule has 0 bridgehead atoms. The Kier molecular flexibility index (Phi) is 3.06. The highest BCUT2D eigenvalue weighted by molar-refractivity contribution is 6.62. The number of rotatable bonds is 3. The molecule has 5 nitrogen and oxygen atoms in total. The maximum absolute atomic E-state index is 5.72. The Bertz CT molecular complexity index is 419. The number of anilines is 1. The molecular weight excluding hydrogens is 217 g/mol. The molecule has 1 aliphatic rings. The third kappa shape index (κ3) is 2.41. The third-order valence-corrected chi connectivity index (χ3v) is 2.60. The summed E-state index contributed by atoms with van der Waals surface area (Å²) in [5.74, 6) is 1.23. The average Bonchev–Trinajstić information content (AvgIpc) is 2.55. The first kappa shape index (κ1) is 11.9. The van der Waals surface area contributed by atoms with Gasteiger partial charge in [0.2, 0.25) is 5.95 Å². The molecule has 0 radical (unpaired) electrons. The van der Waals surface area contributed by atoms with E-state index < -0.39 is 12.7 Å². The van der Waals surface area contributed by atoms with Gasteiger partial charge in [0.1, 0.15) is 5.60 Å². The van der Waals surface area contributed by atoms with Gasteiger partial charge in [-0.25, -0.2) is 9.97 Å². The minimum atomic E-state index is -0.467. The monoisotopic (exact) mass is 233 g/mol. The fourth-order valence-corrected chi connectivity index (χ4v) is 1.47. The van der Waals surface area contributed by atoms with Crippen LogP contribution in [0.4, 0.5) is 5.95 Å². The SMILES string of the molecule is C=C1OB(c2cnc(NCC)nc2)OC1(C)C. The summed E-state index contributed by atoms with van der Waals surface area (Å²) in [6.07, 6.45) is 3.40. The summed E-state index contributed by atoms with van der Waals surface area (Å²) in [5, 5.41) is 3.03. The van der Waals surface area contributed by atoms with Crippen molar-refractivity contribution >= 4 is 18.5 Å². The van der Waals surface area contributed by atoms with Gasteiger partial charge in [0.15, 0.2) is 0 Å². The van der Waals surface area contributed by atoms with Gasteiger partial charge in [-0.05, 0) is 20.8 Å². The molecule has 6 heteroatoms. The van der Waals surface area contributed by atoms with Crippen LogP contribution in [0, 0.1) is 0 Å². The van der Waals surface area contributed by atoms with E-state index >= 15 is 0 Å². The van der Waals surface area contributed by atoms with Gasteiger partial charge in [-0.15, -0.1) is 0 Å². The molecule has 1 aromatic heterocycles. The zero-order chi connectivity index (χ0) is 12.5. The smallest absolute Gasteiger partial charge is 0.534 e. The fourth-order valence-electron chi connectivity index (χ4n) is 1.47. The van der Waals surface area contributed by atoms with Gasteiger partial charge >= 0.3 is 7.12 Å². The lowest BCUT2D eigenvalue weighted by Gasteiger charge is -2.15. The van der Waals surface area contributed by atoms with Crippen molar-refractivity contribution in [3.05, 3.63) is 24.7 Å². The van der Waals surface area contributed by atoms with Crippen LogP contribution in [0.5, 0.6) is 0 Å². The Balaban J connectivity index is 2.11. The van der Waals surface area contributed by atoms with Gasteiger partial charge in [0, 0.05) is 24.4 Å². The van der Waals surface area contributed by atoms with Crippen LogP contribution >= 0.6 is 0 Å². The molecule has 2 heterocycles. The van der Waals surface area contributed by atoms with Crippen LogP contribution in [-0.2, 0) is 9.31 Å². The zero-order valence-corrected chi connectivity index (χ0v) is 10.4. The lowest BCUT2D eigenvalue weighted by atomic mass is 9.81. The van der Waals surface area contributed by atoms with Crippen molar-refractivity contribution in [1.82, 2.24) is 9.97 Å². The van der Waals surface area contributed by atoms with Crippen molar-refractivity contribution in [2.45, 2.75) is 26.4 Å². The Morgan fingerprint density at radius 3 is 2.53 bits per heavy atom. The second kappa shape index (κ2) is 4.37. The molecule has 1 fully saturated rings. The van der Waals surface area contributed by atoms with Crippen molar-refractivity contribution in [2.75, 3.05) is 11.9 Å². The Morgan fingerprint density at radius 1 is 1.41 bits per heavy atom. The summed E-state index contributed by atoms with van der Waals surface area (Å²) >= 11 is 0. The zero-order valence-electron chi connectivity index (χ0n) is 10.4. The van der Waals surface area contributed by atoms with Crippen LogP contribution in [0.15, 0.2) is 24.7 Å². The molecule has 0 aliphatic carbocycles. The lowest BCUT2D eigenvalue weighted by Crippen LogP contribution is -2.35. The molecule has 0 saturated carbocycles. The first-order valence-corrected chi connectivity index (χ1v) is 5.62. The summed E-state index contributed by atoms with van der Waals surface area (Å²) in [7, 11) is -0.465. The molecule has 17 heavy (non-hydrogen) atoms. The van der Waals surface area contributed by atoms with Crippen LogP contribution in [0.25, 0.3) is 0 Å². The van der Waals surface area contributed by atoms with E-state index in [2.05, 4.69) is 21.9 Å². The van der Waals surface area contributed by atoms with E-state index in [9.17, 15) is 0 Å². The molecular formula is C11H16BN3O2. The highest BCUT2D eigenvalue weighted by Crippen LogP contribution is 2.28. The van der Waals surface area contributed by atoms with Gasteiger partial charge < -0.3 is 14.6 Å². The Labute approximate surface area is 101 Å². The lowest BCUT2D eigenvalue weighted by molar-refractivity contribution is 0.173. The van der Waals surface area contributed by atoms with E-state index in [1.165, 1.54) is 0 Å². The van der Waals surface area contributed by atoms with Crippen LogP contribution in [0.3, 0.4) is 0 Å². The van der Waals surface area contributed by atoms with Gasteiger partial charge in [0.25, 0.3) is 0 Å². The topological polar surface area (TPSA) is 56.3 Å². The van der Waals surface area contributed by atoms with Crippen molar-refractivity contribution < 1.29 is 9.31 Å². The fraction of sp³-hybridized carbons (Fsp3) is 0.455. The minimum Gasteiger partial charge on any atom is -0.534 e. The van der Waals surface area contributed by atoms with E-state index in [1.54, 1.807) is 12.4 Å². The predicted molar refractivity (Wildman–Crippen MR) is 67.0 cm³/mol.